The highest BCUT2D eigenvalue weighted by Gasteiger charge is 2.09. The van der Waals surface area contributed by atoms with Crippen LogP contribution >= 0.6 is 11.3 Å². The summed E-state index contributed by atoms with van der Waals surface area (Å²) >= 11 is 1.47. The Labute approximate surface area is 143 Å². The smallest absolute Gasteiger partial charge is 0.203 e. The average molecular weight is 343 g/mol. The Morgan fingerprint density at radius 2 is 2.00 bits per heavy atom. The number of aromatic nitrogens is 1. The third-order valence-corrected chi connectivity index (χ3v) is 4.04. The van der Waals surface area contributed by atoms with Crippen LogP contribution in [-0.4, -0.2) is 25.4 Å². The van der Waals surface area contributed by atoms with Crippen molar-refractivity contribution in [1.29, 1.82) is 0 Å². The second-order valence-electron chi connectivity index (χ2n) is 4.93. The molecule has 0 amide bonds. The van der Waals surface area contributed by atoms with E-state index in [4.69, 9.17) is 13.9 Å². The molecule has 0 saturated carbocycles. The minimum absolute atomic E-state index is 0.670. The number of nitrogens with zero attached hydrogens (tertiary/aromatic N) is 2. The summed E-state index contributed by atoms with van der Waals surface area (Å²) in [5.74, 6) is 2.90. The zero-order chi connectivity index (χ0) is 16.9. The molecule has 0 bridgehead atoms. The van der Waals surface area contributed by atoms with E-state index in [1.165, 1.54) is 11.3 Å². The highest BCUT2D eigenvalue weighted by molar-refractivity contribution is 7.14. The van der Waals surface area contributed by atoms with E-state index >= 15 is 0 Å². The lowest BCUT2D eigenvalue weighted by molar-refractivity contribution is 0.355. The number of furan rings is 1. The number of rotatable bonds is 6. The van der Waals surface area contributed by atoms with E-state index in [0.717, 1.165) is 17.0 Å². The fourth-order valence-electron chi connectivity index (χ4n) is 2.13. The van der Waals surface area contributed by atoms with Gasteiger partial charge in [-0.3, -0.25) is 5.43 Å². The first-order chi connectivity index (χ1) is 11.7. The first kappa shape index (κ1) is 16.1. The number of ether oxygens (including phenoxy) is 2. The molecular weight excluding hydrogens is 326 g/mol. The third-order valence-electron chi connectivity index (χ3n) is 3.30. The standard InChI is InChI=1S/C17H17N3O3S/c1-11-4-6-13(23-11)9-18-20-17-19-14(10-24-17)12-5-7-15(21-2)16(8-12)22-3/h4-10H,1-3H3,(H,19,20)/b18-9-. The lowest BCUT2D eigenvalue weighted by Crippen LogP contribution is -1.91. The summed E-state index contributed by atoms with van der Waals surface area (Å²) in [6.45, 7) is 1.89. The van der Waals surface area contributed by atoms with E-state index < -0.39 is 0 Å². The molecule has 6 nitrogen and oxygen atoms in total. The summed E-state index contributed by atoms with van der Waals surface area (Å²) < 4.78 is 16.0. The number of hydrogen-bond donors (Lipinski definition) is 1. The molecule has 1 N–H and O–H groups in total. The predicted octanol–water partition coefficient (Wildman–Crippen LogP) is 4.17. The van der Waals surface area contributed by atoms with Gasteiger partial charge < -0.3 is 13.9 Å². The Hall–Kier alpha value is -2.80. The molecule has 0 saturated heterocycles. The van der Waals surface area contributed by atoms with Crippen LogP contribution in [0.15, 0.2) is 45.2 Å². The van der Waals surface area contributed by atoms with Gasteiger partial charge in [0.05, 0.1) is 26.1 Å². The maximum absolute atomic E-state index is 5.41. The number of thiazole rings is 1. The molecule has 124 valence electrons. The van der Waals surface area contributed by atoms with Crippen molar-refractivity contribution in [3.8, 4) is 22.8 Å². The average Bonchev–Trinajstić information content (AvgIpc) is 3.23. The molecule has 2 heterocycles. The van der Waals surface area contributed by atoms with Gasteiger partial charge in [-0.1, -0.05) is 0 Å². The van der Waals surface area contributed by atoms with Crippen molar-refractivity contribution in [2.45, 2.75) is 6.92 Å². The summed E-state index contributed by atoms with van der Waals surface area (Å²) in [4.78, 5) is 4.51. The lowest BCUT2D eigenvalue weighted by Gasteiger charge is -2.08. The van der Waals surface area contributed by atoms with E-state index in [1.807, 2.05) is 42.6 Å². The van der Waals surface area contributed by atoms with Gasteiger partial charge in [-0.05, 0) is 37.3 Å². The molecule has 24 heavy (non-hydrogen) atoms. The van der Waals surface area contributed by atoms with Crippen molar-refractivity contribution >= 4 is 22.7 Å². The number of benzene rings is 1. The molecule has 3 aromatic rings. The topological polar surface area (TPSA) is 68.9 Å². The number of hydrogen-bond acceptors (Lipinski definition) is 7. The molecule has 0 radical (unpaired) electrons. The molecule has 2 aromatic heterocycles. The number of anilines is 1. The van der Waals surface area contributed by atoms with E-state index in [1.54, 1.807) is 20.4 Å². The van der Waals surface area contributed by atoms with Crippen LogP contribution in [0.4, 0.5) is 5.13 Å². The molecule has 0 spiro atoms. The first-order valence-electron chi connectivity index (χ1n) is 7.23. The van der Waals surface area contributed by atoms with Gasteiger partial charge in [-0.15, -0.1) is 11.3 Å². The Bertz CT molecular complexity index is 854. The minimum Gasteiger partial charge on any atom is -0.493 e. The minimum atomic E-state index is 0.670. The van der Waals surface area contributed by atoms with Gasteiger partial charge in [0.25, 0.3) is 0 Å². The molecular formula is C17H17N3O3S. The Kier molecular flexibility index (Phi) is 4.81. The van der Waals surface area contributed by atoms with E-state index in [0.29, 0.717) is 22.4 Å². The van der Waals surface area contributed by atoms with Crippen LogP contribution in [0.2, 0.25) is 0 Å². The molecule has 0 aliphatic carbocycles. The van der Waals surface area contributed by atoms with Crippen LogP contribution in [0.25, 0.3) is 11.3 Å². The van der Waals surface area contributed by atoms with Crippen molar-refractivity contribution < 1.29 is 13.9 Å². The van der Waals surface area contributed by atoms with Gasteiger partial charge in [0.2, 0.25) is 5.13 Å². The van der Waals surface area contributed by atoms with Gasteiger partial charge in [0.15, 0.2) is 11.5 Å². The highest BCUT2D eigenvalue weighted by atomic mass is 32.1. The van der Waals surface area contributed by atoms with Crippen LogP contribution < -0.4 is 14.9 Å². The summed E-state index contributed by atoms with van der Waals surface area (Å²) in [5.41, 5.74) is 4.69. The van der Waals surface area contributed by atoms with Crippen molar-refractivity contribution in [2.24, 2.45) is 5.10 Å². The van der Waals surface area contributed by atoms with Gasteiger partial charge in [-0.2, -0.15) is 5.10 Å². The van der Waals surface area contributed by atoms with E-state index in [2.05, 4.69) is 15.5 Å². The number of hydrazone groups is 1. The molecule has 0 aliphatic heterocycles. The lowest BCUT2D eigenvalue weighted by atomic mass is 10.1. The molecule has 0 atom stereocenters. The summed E-state index contributed by atoms with van der Waals surface area (Å²) in [7, 11) is 3.22. The van der Waals surface area contributed by atoms with Crippen molar-refractivity contribution in [1.82, 2.24) is 4.98 Å². The molecule has 0 fully saturated rings. The maximum Gasteiger partial charge on any atom is 0.203 e. The quantitative estimate of drug-likeness (QED) is 0.537. The zero-order valence-electron chi connectivity index (χ0n) is 13.6. The third kappa shape index (κ3) is 3.57. The monoisotopic (exact) mass is 343 g/mol. The maximum atomic E-state index is 5.41. The SMILES string of the molecule is COc1ccc(-c2csc(N/N=C\c3ccc(C)o3)n2)cc1OC. The molecule has 0 aliphatic rings. The largest absolute Gasteiger partial charge is 0.493 e. The summed E-state index contributed by atoms with van der Waals surface area (Å²) in [6, 6.07) is 9.44. The molecule has 1 aromatic carbocycles. The fraction of sp³-hybridized carbons (Fsp3) is 0.176. The summed E-state index contributed by atoms with van der Waals surface area (Å²) in [6.07, 6.45) is 1.62. The van der Waals surface area contributed by atoms with E-state index in [-0.39, 0.29) is 0 Å². The van der Waals surface area contributed by atoms with Gasteiger partial charge in [0.1, 0.15) is 11.5 Å². The zero-order valence-corrected chi connectivity index (χ0v) is 14.4. The van der Waals surface area contributed by atoms with Crippen LogP contribution in [0, 0.1) is 6.92 Å². The highest BCUT2D eigenvalue weighted by Crippen LogP contribution is 2.33. The Morgan fingerprint density at radius 3 is 2.71 bits per heavy atom. The predicted molar refractivity (Wildman–Crippen MR) is 95.3 cm³/mol. The second-order valence-corrected chi connectivity index (χ2v) is 5.78. The molecule has 3 rings (SSSR count). The van der Waals surface area contributed by atoms with Gasteiger partial charge >= 0.3 is 0 Å². The number of nitrogens with one attached hydrogen (secondary N) is 1. The van der Waals surface area contributed by atoms with E-state index in [9.17, 15) is 0 Å². The summed E-state index contributed by atoms with van der Waals surface area (Å²) in [5, 5.41) is 6.78. The molecule has 0 unspecified atom stereocenters. The van der Waals surface area contributed by atoms with Crippen molar-refractivity contribution in [2.75, 3.05) is 19.6 Å². The van der Waals surface area contributed by atoms with Crippen LogP contribution in [0.5, 0.6) is 11.5 Å². The number of aryl methyl sites for hydroxylation is 1. The van der Waals surface area contributed by atoms with Crippen molar-refractivity contribution in [3.63, 3.8) is 0 Å². The van der Waals surface area contributed by atoms with Gasteiger partial charge in [0, 0.05) is 10.9 Å². The van der Waals surface area contributed by atoms with Crippen molar-refractivity contribution in [3.05, 3.63) is 47.2 Å². The second kappa shape index (κ2) is 7.18. The number of methoxy groups -OCH3 is 2. The van der Waals surface area contributed by atoms with Gasteiger partial charge in [-0.25, -0.2) is 4.98 Å². The Morgan fingerprint density at radius 1 is 1.17 bits per heavy atom. The Balaban J connectivity index is 1.72. The molecule has 7 heteroatoms. The van der Waals surface area contributed by atoms with Crippen LogP contribution in [-0.2, 0) is 0 Å². The van der Waals surface area contributed by atoms with Crippen LogP contribution in [0.3, 0.4) is 0 Å². The first-order valence-corrected chi connectivity index (χ1v) is 8.11. The fourth-order valence-corrected chi connectivity index (χ4v) is 2.80. The normalized spacial score (nSPS) is 11.0. The van der Waals surface area contributed by atoms with Crippen LogP contribution in [0.1, 0.15) is 11.5 Å².